The predicted molar refractivity (Wildman–Crippen MR) is 101 cm³/mol. The number of benzene rings is 1. The number of aliphatic hydroxyl groups is 1. The molecule has 1 aromatic rings. The summed E-state index contributed by atoms with van der Waals surface area (Å²) in [5, 5.41) is 10.1. The SMILES string of the molecule is CCN1CCN(CC(O)COCCOc2ccc(C(C)C)cc2)CC1. The minimum Gasteiger partial charge on any atom is -0.491 e. The molecule has 1 unspecified atom stereocenters. The molecule has 5 heteroatoms. The lowest BCUT2D eigenvalue weighted by Crippen LogP contribution is -2.48. The van der Waals surface area contributed by atoms with Crippen LogP contribution in [0.5, 0.6) is 5.75 Å². The van der Waals surface area contributed by atoms with Gasteiger partial charge in [-0.15, -0.1) is 0 Å². The van der Waals surface area contributed by atoms with Crippen molar-refractivity contribution >= 4 is 0 Å². The molecule has 0 aromatic heterocycles. The second kappa shape index (κ2) is 10.8. The van der Waals surface area contributed by atoms with Gasteiger partial charge in [-0.2, -0.15) is 0 Å². The van der Waals surface area contributed by atoms with Gasteiger partial charge in [0.05, 0.1) is 19.3 Å². The first-order chi connectivity index (χ1) is 12.1. The highest BCUT2D eigenvalue weighted by atomic mass is 16.5. The Kier molecular flexibility index (Phi) is 8.68. The van der Waals surface area contributed by atoms with Gasteiger partial charge < -0.3 is 19.5 Å². The van der Waals surface area contributed by atoms with Crippen LogP contribution in [0.4, 0.5) is 0 Å². The summed E-state index contributed by atoms with van der Waals surface area (Å²) < 4.78 is 11.2. The second-order valence-corrected chi connectivity index (χ2v) is 7.04. The van der Waals surface area contributed by atoms with Gasteiger partial charge in [0.1, 0.15) is 12.4 Å². The summed E-state index contributed by atoms with van der Waals surface area (Å²) in [7, 11) is 0. The number of ether oxygens (including phenoxy) is 2. The van der Waals surface area contributed by atoms with Crippen molar-refractivity contribution in [2.75, 3.05) is 59.1 Å². The number of likely N-dealkylation sites (N-methyl/N-ethyl adjacent to an activating group) is 1. The monoisotopic (exact) mass is 350 g/mol. The topological polar surface area (TPSA) is 45.2 Å². The number of hydrogen-bond donors (Lipinski definition) is 1. The summed E-state index contributed by atoms with van der Waals surface area (Å²) in [6.45, 7) is 14.0. The third kappa shape index (κ3) is 7.32. The number of rotatable bonds is 10. The maximum Gasteiger partial charge on any atom is 0.119 e. The van der Waals surface area contributed by atoms with Crippen molar-refractivity contribution < 1.29 is 14.6 Å². The molecule has 0 radical (unpaired) electrons. The smallest absolute Gasteiger partial charge is 0.119 e. The van der Waals surface area contributed by atoms with Crippen molar-refractivity contribution in [3.63, 3.8) is 0 Å². The summed E-state index contributed by atoms with van der Waals surface area (Å²) in [4.78, 5) is 4.75. The van der Waals surface area contributed by atoms with E-state index in [1.807, 2.05) is 12.1 Å². The normalized spacial score (nSPS) is 17.8. The lowest BCUT2D eigenvalue weighted by atomic mass is 10.0. The van der Waals surface area contributed by atoms with E-state index in [2.05, 4.69) is 42.7 Å². The molecule has 1 aliphatic heterocycles. The van der Waals surface area contributed by atoms with E-state index in [1.165, 1.54) is 5.56 Å². The van der Waals surface area contributed by atoms with Gasteiger partial charge in [0, 0.05) is 32.7 Å². The highest BCUT2D eigenvalue weighted by Gasteiger charge is 2.18. The molecule has 1 heterocycles. The van der Waals surface area contributed by atoms with Gasteiger partial charge in [-0.05, 0) is 30.2 Å². The molecule has 2 rings (SSSR count). The Morgan fingerprint density at radius 2 is 1.64 bits per heavy atom. The molecule has 1 atom stereocenters. The minimum atomic E-state index is -0.432. The number of aliphatic hydroxyl groups excluding tert-OH is 1. The summed E-state index contributed by atoms with van der Waals surface area (Å²) in [6.07, 6.45) is -0.432. The third-order valence-electron chi connectivity index (χ3n) is 4.73. The quantitative estimate of drug-likeness (QED) is 0.656. The zero-order chi connectivity index (χ0) is 18.1. The largest absolute Gasteiger partial charge is 0.491 e. The molecule has 25 heavy (non-hydrogen) atoms. The average Bonchev–Trinajstić information content (AvgIpc) is 2.62. The van der Waals surface area contributed by atoms with Crippen molar-refractivity contribution in [3.8, 4) is 5.75 Å². The van der Waals surface area contributed by atoms with Crippen LogP contribution >= 0.6 is 0 Å². The first-order valence-corrected chi connectivity index (χ1v) is 9.51. The van der Waals surface area contributed by atoms with Gasteiger partial charge in [-0.3, -0.25) is 4.90 Å². The second-order valence-electron chi connectivity index (χ2n) is 7.04. The van der Waals surface area contributed by atoms with Crippen LogP contribution in [0.25, 0.3) is 0 Å². The van der Waals surface area contributed by atoms with Crippen molar-refractivity contribution in [1.82, 2.24) is 9.80 Å². The van der Waals surface area contributed by atoms with E-state index in [0.717, 1.165) is 38.5 Å². The van der Waals surface area contributed by atoms with Crippen LogP contribution in [0.1, 0.15) is 32.3 Å². The van der Waals surface area contributed by atoms with E-state index in [1.54, 1.807) is 0 Å². The molecule has 0 amide bonds. The minimum absolute atomic E-state index is 0.365. The van der Waals surface area contributed by atoms with Crippen LogP contribution in [-0.4, -0.2) is 80.1 Å². The lowest BCUT2D eigenvalue weighted by Gasteiger charge is -2.34. The zero-order valence-corrected chi connectivity index (χ0v) is 16.0. The average molecular weight is 351 g/mol. The molecule has 5 nitrogen and oxygen atoms in total. The summed E-state index contributed by atoms with van der Waals surface area (Å²) in [6, 6.07) is 8.20. The highest BCUT2D eigenvalue weighted by molar-refractivity contribution is 5.28. The fourth-order valence-corrected chi connectivity index (χ4v) is 3.03. The van der Waals surface area contributed by atoms with Crippen LogP contribution in [0, 0.1) is 0 Å². The Morgan fingerprint density at radius 1 is 1.00 bits per heavy atom. The van der Waals surface area contributed by atoms with Crippen LogP contribution < -0.4 is 4.74 Å². The first kappa shape index (κ1) is 20.2. The van der Waals surface area contributed by atoms with Gasteiger partial charge in [0.2, 0.25) is 0 Å². The number of hydrogen-bond acceptors (Lipinski definition) is 5. The molecule has 0 saturated carbocycles. The van der Waals surface area contributed by atoms with E-state index < -0.39 is 6.10 Å². The number of β-amino-alcohol motifs (C(OH)–C–C–N with tert-alkyl or cyclic N) is 1. The van der Waals surface area contributed by atoms with E-state index in [4.69, 9.17) is 9.47 Å². The molecule has 1 aromatic carbocycles. The molecule has 1 saturated heterocycles. The van der Waals surface area contributed by atoms with Crippen LogP contribution in [0.3, 0.4) is 0 Å². The van der Waals surface area contributed by atoms with Crippen molar-refractivity contribution in [1.29, 1.82) is 0 Å². The fraction of sp³-hybridized carbons (Fsp3) is 0.700. The van der Waals surface area contributed by atoms with E-state index >= 15 is 0 Å². The van der Waals surface area contributed by atoms with Gasteiger partial charge in [-0.25, -0.2) is 0 Å². The van der Waals surface area contributed by atoms with Crippen LogP contribution in [0.15, 0.2) is 24.3 Å². The Balaban J connectivity index is 1.53. The fourth-order valence-electron chi connectivity index (χ4n) is 3.03. The van der Waals surface area contributed by atoms with Gasteiger partial charge >= 0.3 is 0 Å². The van der Waals surface area contributed by atoms with E-state index in [0.29, 0.717) is 32.3 Å². The lowest BCUT2D eigenvalue weighted by molar-refractivity contribution is 0.000390. The Bertz CT molecular complexity index is 470. The van der Waals surface area contributed by atoms with E-state index in [-0.39, 0.29) is 0 Å². The first-order valence-electron chi connectivity index (χ1n) is 9.51. The van der Waals surface area contributed by atoms with Gasteiger partial charge in [0.25, 0.3) is 0 Å². The molecule has 0 bridgehead atoms. The number of piperazine rings is 1. The molecule has 1 aliphatic rings. The van der Waals surface area contributed by atoms with Gasteiger partial charge in [0.15, 0.2) is 0 Å². The molecule has 0 spiro atoms. The van der Waals surface area contributed by atoms with Crippen molar-refractivity contribution in [2.45, 2.75) is 32.8 Å². The molecule has 1 fully saturated rings. The predicted octanol–water partition coefficient (Wildman–Crippen LogP) is 2.20. The molecule has 142 valence electrons. The highest BCUT2D eigenvalue weighted by Crippen LogP contribution is 2.18. The number of nitrogens with zero attached hydrogens (tertiary/aromatic N) is 2. The summed E-state index contributed by atoms with van der Waals surface area (Å²) in [5.74, 6) is 1.39. The maximum atomic E-state index is 10.1. The summed E-state index contributed by atoms with van der Waals surface area (Å²) >= 11 is 0. The van der Waals surface area contributed by atoms with E-state index in [9.17, 15) is 5.11 Å². The van der Waals surface area contributed by atoms with Crippen molar-refractivity contribution in [2.24, 2.45) is 0 Å². The van der Waals surface area contributed by atoms with Gasteiger partial charge in [-0.1, -0.05) is 32.9 Å². The third-order valence-corrected chi connectivity index (χ3v) is 4.73. The zero-order valence-electron chi connectivity index (χ0n) is 16.0. The van der Waals surface area contributed by atoms with Crippen molar-refractivity contribution in [3.05, 3.63) is 29.8 Å². The molecular weight excluding hydrogens is 316 g/mol. The Labute approximate surface area is 152 Å². The van der Waals surface area contributed by atoms with Crippen LogP contribution in [0.2, 0.25) is 0 Å². The standard InChI is InChI=1S/C20H34N2O3/c1-4-21-9-11-22(12-10-21)15-19(23)16-24-13-14-25-20-7-5-18(6-8-20)17(2)3/h5-8,17,19,23H,4,9-16H2,1-3H3. The summed E-state index contributed by atoms with van der Waals surface area (Å²) in [5.41, 5.74) is 1.31. The molecule has 1 N–H and O–H groups in total. The molecule has 0 aliphatic carbocycles. The Morgan fingerprint density at radius 3 is 2.24 bits per heavy atom. The Hall–Kier alpha value is -1.14. The van der Waals surface area contributed by atoms with Crippen LogP contribution in [-0.2, 0) is 4.74 Å². The molecular formula is C20H34N2O3. The maximum absolute atomic E-state index is 10.1.